The van der Waals surface area contributed by atoms with Crippen LogP contribution in [0.25, 0.3) is 0 Å². The van der Waals surface area contributed by atoms with Gasteiger partial charge in [-0.2, -0.15) is 0 Å². The smallest absolute Gasteiger partial charge is 0.316 e. The largest absolute Gasteiger partial charge is 0.459 e. The molecule has 1 amide bonds. The van der Waals surface area contributed by atoms with Crippen LogP contribution in [0.4, 0.5) is 0 Å². The van der Waals surface area contributed by atoms with Gasteiger partial charge in [0.1, 0.15) is 29.8 Å². The predicted molar refractivity (Wildman–Crippen MR) is 163 cm³/mol. The van der Waals surface area contributed by atoms with E-state index in [0.717, 1.165) is 0 Å². The highest BCUT2D eigenvalue weighted by atomic mass is 16.7. The summed E-state index contributed by atoms with van der Waals surface area (Å²) in [6.45, 7) is 13.7. The number of ketones is 1. The Morgan fingerprint density at radius 3 is 2.22 bits per heavy atom. The van der Waals surface area contributed by atoms with E-state index in [1.807, 2.05) is 25.9 Å². The van der Waals surface area contributed by atoms with Crippen LogP contribution in [0.2, 0.25) is 0 Å². The fourth-order valence-electron chi connectivity index (χ4n) is 6.69. The first-order valence-corrected chi connectivity index (χ1v) is 16.2. The van der Waals surface area contributed by atoms with Crippen LogP contribution in [-0.2, 0) is 38.1 Å². The third-order valence-electron chi connectivity index (χ3n) is 9.71. The summed E-state index contributed by atoms with van der Waals surface area (Å²) in [5.74, 6) is -5.22. The lowest BCUT2D eigenvalue weighted by atomic mass is 9.79. The van der Waals surface area contributed by atoms with Gasteiger partial charge in [-0.1, -0.05) is 20.8 Å². The van der Waals surface area contributed by atoms with Crippen molar-refractivity contribution in [2.45, 2.75) is 141 Å². The Balaban J connectivity index is 2.09. The van der Waals surface area contributed by atoms with Gasteiger partial charge in [-0.15, -0.1) is 0 Å². The highest BCUT2D eigenvalue weighted by Crippen LogP contribution is 2.37. The summed E-state index contributed by atoms with van der Waals surface area (Å²) >= 11 is 0. The first-order chi connectivity index (χ1) is 20.8. The minimum atomic E-state index is -1.99. The number of carbonyl (C=O) groups excluding carboxylic acids is 3. The van der Waals surface area contributed by atoms with Gasteiger partial charge in [-0.3, -0.25) is 14.4 Å². The summed E-state index contributed by atoms with van der Waals surface area (Å²) in [4.78, 5) is 42.7. The van der Waals surface area contributed by atoms with Crippen molar-refractivity contribution in [3.8, 4) is 0 Å². The molecule has 1 unspecified atom stereocenters. The summed E-state index contributed by atoms with van der Waals surface area (Å²) < 4.78 is 30.1. The molecule has 3 aliphatic heterocycles. The lowest BCUT2D eigenvalue weighted by Crippen LogP contribution is -2.60. The molecule has 0 aromatic carbocycles. The van der Waals surface area contributed by atoms with Crippen LogP contribution in [0.3, 0.4) is 0 Å². The number of nitrogens with one attached hydrogen (secondary N) is 1. The van der Waals surface area contributed by atoms with Gasteiger partial charge in [-0.05, 0) is 68.0 Å². The molecule has 3 fully saturated rings. The molecule has 4 N–H and O–H groups in total. The highest BCUT2D eigenvalue weighted by Gasteiger charge is 2.51. The van der Waals surface area contributed by atoms with Crippen LogP contribution < -0.4 is 5.32 Å². The van der Waals surface area contributed by atoms with Crippen molar-refractivity contribution in [2.75, 3.05) is 27.3 Å². The Morgan fingerprint density at radius 1 is 1.04 bits per heavy atom. The Bertz CT molecular complexity index is 1040. The van der Waals surface area contributed by atoms with E-state index in [2.05, 4.69) is 5.32 Å². The van der Waals surface area contributed by atoms with Crippen molar-refractivity contribution in [3.05, 3.63) is 0 Å². The van der Waals surface area contributed by atoms with Crippen molar-refractivity contribution >= 4 is 17.7 Å². The van der Waals surface area contributed by atoms with E-state index in [9.17, 15) is 29.7 Å². The zero-order valence-electron chi connectivity index (χ0n) is 28.5. The van der Waals surface area contributed by atoms with Gasteiger partial charge in [0.05, 0.1) is 43.0 Å². The molecule has 260 valence electrons. The molecule has 0 aromatic heterocycles. The average Bonchev–Trinajstić information content (AvgIpc) is 3.80. The molecule has 0 aromatic rings. The monoisotopic (exact) mass is 644 g/mol. The van der Waals surface area contributed by atoms with Crippen LogP contribution in [-0.4, -0.2) is 131 Å². The average molecular weight is 645 g/mol. The number of Topliss-reactive ketones (excluding diaryl/α,β-unsaturated/α-hetero) is 1. The summed E-state index contributed by atoms with van der Waals surface area (Å²) in [6, 6.07) is -0.832. The van der Waals surface area contributed by atoms with E-state index in [1.165, 1.54) is 20.8 Å². The standard InChI is InChI=1S/C32H56N2O11/c1-11-23-32(8,40)26(37)20(6)28(38)33-16(2)13-31(7,42-15-21-14-41-21)27(18(4)24(35)19(5)29(39)44-23)45-30-25(36)22(34(9)10)12-17(3)43-30/h16-23,25-27,30,36-37,40H,11-15H2,1-10H3,(H,33,38)/t16-,17-,18+,19-,20-,21?,22+,23-,25-,26-,27-,30+,31-,32-/m1/s1. The van der Waals surface area contributed by atoms with Crippen molar-refractivity contribution in [1.29, 1.82) is 0 Å². The Labute approximate surface area is 267 Å². The van der Waals surface area contributed by atoms with Gasteiger partial charge in [0.15, 0.2) is 12.1 Å². The van der Waals surface area contributed by atoms with E-state index >= 15 is 0 Å². The number of carbonyl (C=O) groups is 3. The van der Waals surface area contributed by atoms with Gasteiger partial charge >= 0.3 is 5.97 Å². The molecule has 0 radical (unpaired) electrons. The maximum absolute atomic E-state index is 14.1. The van der Waals surface area contributed by atoms with E-state index < -0.39 is 83.4 Å². The van der Waals surface area contributed by atoms with Crippen LogP contribution in [0, 0.1) is 17.8 Å². The minimum absolute atomic E-state index is 0.125. The van der Waals surface area contributed by atoms with Gasteiger partial charge in [0.2, 0.25) is 5.91 Å². The van der Waals surface area contributed by atoms with Crippen molar-refractivity contribution < 1.29 is 53.4 Å². The molecule has 45 heavy (non-hydrogen) atoms. The molecule has 0 bridgehead atoms. The molecular formula is C32H56N2O11. The Hall–Kier alpha value is -1.71. The van der Waals surface area contributed by atoms with Crippen LogP contribution >= 0.6 is 0 Å². The number of aliphatic hydroxyl groups excluding tert-OH is 2. The second-order valence-electron chi connectivity index (χ2n) is 14.0. The number of rotatable bonds is 7. The number of aliphatic hydroxyl groups is 3. The summed E-state index contributed by atoms with van der Waals surface area (Å²) in [7, 11) is 3.72. The normalized spacial score (nSPS) is 45.8. The topological polar surface area (TPSA) is 177 Å². The second-order valence-corrected chi connectivity index (χ2v) is 14.0. The predicted octanol–water partition coefficient (Wildman–Crippen LogP) is 0.791. The molecule has 0 aliphatic carbocycles. The van der Waals surface area contributed by atoms with Gasteiger partial charge < -0.3 is 49.2 Å². The summed E-state index contributed by atoms with van der Waals surface area (Å²) in [6.07, 6.45) is -5.56. The van der Waals surface area contributed by atoms with Crippen LogP contribution in [0.15, 0.2) is 0 Å². The first-order valence-electron chi connectivity index (χ1n) is 16.2. The Kier molecular flexibility index (Phi) is 12.6. The fraction of sp³-hybridized carbons (Fsp3) is 0.906. The number of esters is 1. The number of nitrogens with zero attached hydrogens (tertiary/aromatic N) is 1. The third kappa shape index (κ3) is 8.81. The van der Waals surface area contributed by atoms with Crippen LogP contribution in [0.5, 0.6) is 0 Å². The molecular weight excluding hydrogens is 588 g/mol. The molecule has 0 spiro atoms. The fourth-order valence-corrected chi connectivity index (χ4v) is 6.69. The second kappa shape index (κ2) is 15.0. The number of hydrogen-bond acceptors (Lipinski definition) is 12. The number of cyclic esters (lactones) is 1. The summed E-state index contributed by atoms with van der Waals surface area (Å²) in [5, 5.41) is 36.6. The maximum atomic E-state index is 14.1. The number of likely N-dealkylation sites (N-methyl/N-ethyl adjacent to an activating group) is 1. The van der Waals surface area contributed by atoms with E-state index in [1.54, 1.807) is 27.7 Å². The van der Waals surface area contributed by atoms with Crippen LogP contribution in [0.1, 0.15) is 74.7 Å². The first kappa shape index (κ1) is 37.7. The number of epoxide rings is 1. The quantitative estimate of drug-likeness (QED) is 0.174. The molecule has 13 nitrogen and oxygen atoms in total. The molecule has 3 heterocycles. The number of ether oxygens (including phenoxy) is 5. The highest BCUT2D eigenvalue weighted by molar-refractivity contribution is 6.00. The van der Waals surface area contributed by atoms with Crippen molar-refractivity contribution in [1.82, 2.24) is 10.2 Å². The molecule has 0 saturated carbocycles. The zero-order chi connectivity index (χ0) is 34.0. The number of amides is 1. The van der Waals surface area contributed by atoms with E-state index in [-0.39, 0.29) is 37.7 Å². The SMILES string of the molecule is CC[C@H]1OC(=O)[C@H](C)C(=O)[C@H](C)[C@@H](O[C@@H]2O[C@H](C)C[C@H](N(C)C)[C@H]2O)[C@](C)(OCC2CO2)C[C@@H](C)NC(=O)[C@H](C)[C@@H](O)[C@]1(C)O. The Morgan fingerprint density at radius 2 is 1.67 bits per heavy atom. The van der Waals surface area contributed by atoms with Gasteiger partial charge in [-0.25, -0.2) is 0 Å². The molecule has 3 aliphatic rings. The minimum Gasteiger partial charge on any atom is -0.459 e. The maximum Gasteiger partial charge on any atom is 0.316 e. The lowest BCUT2D eigenvalue weighted by Gasteiger charge is -2.47. The third-order valence-corrected chi connectivity index (χ3v) is 9.71. The molecule has 14 atom stereocenters. The number of hydrogen-bond donors (Lipinski definition) is 4. The van der Waals surface area contributed by atoms with Crippen molar-refractivity contribution in [3.63, 3.8) is 0 Å². The molecule has 3 rings (SSSR count). The van der Waals surface area contributed by atoms with Crippen molar-refractivity contribution in [2.24, 2.45) is 17.8 Å². The summed E-state index contributed by atoms with van der Waals surface area (Å²) in [5.41, 5.74) is -3.24. The van der Waals surface area contributed by atoms with E-state index in [0.29, 0.717) is 13.0 Å². The lowest BCUT2D eigenvalue weighted by molar-refractivity contribution is -0.297. The molecule has 3 saturated heterocycles. The van der Waals surface area contributed by atoms with E-state index in [4.69, 9.17) is 23.7 Å². The zero-order valence-corrected chi connectivity index (χ0v) is 28.5. The van der Waals surface area contributed by atoms with Gasteiger partial charge in [0.25, 0.3) is 0 Å². The molecule has 13 heteroatoms. The van der Waals surface area contributed by atoms with Gasteiger partial charge in [0, 0.05) is 18.0 Å².